The second-order valence-corrected chi connectivity index (χ2v) is 5.57. The number of hydrogen-bond acceptors (Lipinski definition) is 3. The lowest BCUT2D eigenvalue weighted by Gasteiger charge is -2.08. The first-order valence-corrected chi connectivity index (χ1v) is 7.12. The van der Waals surface area contributed by atoms with Crippen molar-refractivity contribution in [3.05, 3.63) is 57.2 Å². The predicted octanol–water partition coefficient (Wildman–Crippen LogP) is 4.50. The molecule has 0 aliphatic rings. The summed E-state index contributed by atoms with van der Waals surface area (Å²) in [6.07, 6.45) is 5.87. The Balaban J connectivity index is 2.20. The first-order valence-electron chi connectivity index (χ1n) is 5.53. The molecule has 2 rings (SSSR count). The Morgan fingerprint density at radius 1 is 1.25 bits per heavy atom. The van der Waals surface area contributed by atoms with Crippen molar-refractivity contribution in [3.8, 4) is 11.5 Å². The van der Waals surface area contributed by atoms with Gasteiger partial charge in [-0.2, -0.15) is 0 Å². The number of carbonyl (C=O) groups is 1. The minimum absolute atomic E-state index is 0.605. The fraction of sp³-hybridized carbons (Fsp3) is 0. The fourth-order valence-electron chi connectivity index (χ4n) is 1.45. The third-order valence-electron chi connectivity index (χ3n) is 2.28. The lowest BCUT2D eigenvalue weighted by molar-refractivity contribution is -0.131. The van der Waals surface area contributed by atoms with Gasteiger partial charge in [0.25, 0.3) is 0 Å². The van der Waals surface area contributed by atoms with E-state index in [1.54, 1.807) is 36.7 Å². The second kappa shape index (κ2) is 6.67. The highest BCUT2D eigenvalue weighted by Gasteiger charge is 2.04. The Morgan fingerprint density at radius 2 is 2.05 bits per heavy atom. The molecule has 1 aromatic carbocycles. The molecule has 6 heteroatoms. The summed E-state index contributed by atoms with van der Waals surface area (Å²) < 4.78 is 7.24. The first kappa shape index (κ1) is 14.7. The zero-order valence-corrected chi connectivity index (χ0v) is 13.3. The van der Waals surface area contributed by atoms with Gasteiger partial charge in [-0.25, -0.2) is 4.79 Å². The predicted molar refractivity (Wildman–Crippen MR) is 82.8 cm³/mol. The molecule has 2 aromatic rings. The maximum atomic E-state index is 10.5. The number of benzene rings is 1. The van der Waals surface area contributed by atoms with Crippen molar-refractivity contribution < 1.29 is 14.6 Å². The number of nitrogens with zero attached hydrogens (tertiary/aromatic N) is 1. The van der Waals surface area contributed by atoms with E-state index in [4.69, 9.17) is 9.84 Å². The third-order valence-corrected chi connectivity index (χ3v) is 3.34. The molecule has 0 radical (unpaired) electrons. The molecule has 0 spiro atoms. The van der Waals surface area contributed by atoms with E-state index in [-0.39, 0.29) is 0 Å². The van der Waals surface area contributed by atoms with Gasteiger partial charge in [0.2, 0.25) is 0 Å². The summed E-state index contributed by atoms with van der Waals surface area (Å²) in [7, 11) is 0. The maximum absolute atomic E-state index is 10.5. The molecular weight excluding hydrogens is 390 g/mol. The average Bonchev–Trinajstić information content (AvgIpc) is 2.39. The average molecular weight is 399 g/mol. The van der Waals surface area contributed by atoms with Crippen LogP contribution in [0.1, 0.15) is 5.56 Å². The lowest BCUT2D eigenvalue weighted by atomic mass is 10.2. The number of aliphatic carboxylic acids is 1. The Bertz CT molecular complexity index is 671. The van der Waals surface area contributed by atoms with Crippen molar-refractivity contribution in [2.24, 2.45) is 0 Å². The van der Waals surface area contributed by atoms with Gasteiger partial charge in [0.15, 0.2) is 0 Å². The molecule has 20 heavy (non-hydrogen) atoms. The van der Waals surface area contributed by atoms with Gasteiger partial charge in [-0.05, 0) is 61.7 Å². The first-order chi connectivity index (χ1) is 9.54. The topological polar surface area (TPSA) is 59.4 Å². The highest BCUT2D eigenvalue weighted by molar-refractivity contribution is 9.10. The van der Waals surface area contributed by atoms with E-state index in [1.807, 2.05) is 0 Å². The molecule has 0 aliphatic heterocycles. The van der Waals surface area contributed by atoms with Crippen molar-refractivity contribution in [2.75, 3.05) is 0 Å². The zero-order valence-electron chi connectivity index (χ0n) is 10.1. The van der Waals surface area contributed by atoms with Crippen LogP contribution in [0.3, 0.4) is 0 Å². The van der Waals surface area contributed by atoms with Crippen LogP contribution in [0.2, 0.25) is 0 Å². The van der Waals surface area contributed by atoms with Crippen molar-refractivity contribution in [2.45, 2.75) is 0 Å². The number of rotatable bonds is 4. The lowest BCUT2D eigenvalue weighted by Crippen LogP contribution is -1.88. The molecule has 0 saturated heterocycles. The Morgan fingerprint density at radius 3 is 2.70 bits per heavy atom. The summed E-state index contributed by atoms with van der Waals surface area (Å²) in [4.78, 5) is 14.5. The van der Waals surface area contributed by atoms with Crippen LogP contribution >= 0.6 is 31.9 Å². The van der Waals surface area contributed by atoms with Crippen LogP contribution in [0.25, 0.3) is 6.08 Å². The largest absolute Gasteiger partial charge is 0.478 e. The summed E-state index contributed by atoms with van der Waals surface area (Å²) >= 11 is 6.71. The number of halogens is 2. The molecule has 0 fully saturated rings. The van der Waals surface area contributed by atoms with Gasteiger partial charge in [0.1, 0.15) is 11.5 Å². The van der Waals surface area contributed by atoms with E-state index in [0.29, 0.717) is 11.5 Å². The van der Waals surface area contributed by atoms with Gasteiger partial charge in [0, 0.05) is 16.7 Å². The smallest absolute Gasteiger partial charge is 0.328 e. The fourth-order valence-corrected chi connectivity index (χ4v) is 2.27. The SMILES string of the molecule is O=C(O)/C=C/c1ccc(Oc2cncc(Br)c2)c(Br)c1. The molecule has 0 aliphatic carbocycles. The molecule has 0 unspecified atom stereocenters. The van der Waals surface area contributed by atoms with Gasteiger partial charge in [-0.15, -0.1) is 0 Å². The normalized spacial score (nSPS) is 10.7. The van der Waals surface area contributed by atoms with Crippen LogP contribution < -0.4 is 4.74 Å². The van der Waals surface area contributed by atoms with Crippen molar-refractivity contribution in [1.29, 1.82) is 0 Å². The summed E-state index contributed by atoms with van der Waals surface area (Å²) in [6, 6.07) is 7.11. The third kappa shape index (κ3) is 4.18. The number of pyridine rings is 1. The molecule has 1 N–H and O–H groups in total. The number of carboxylic acid groups (broad SMARTS) is 1. The van der Waals surface area contributed by atoms with Crippen LogP contribution in [0.15, 0.2) is 51.7 Å². The molecule has 0 bridgehead atoms. The Kier molecular flexibility index (Phi) is 4.92. The van der Waals surface area contributed by atoms with Crippen LogP contribution in [0.5, 0.6) is 11.5 Å². The van der Waals surface area contributed by atoms with Gasteiger partial charge < -0.3 is 9.84 Å². The molecule has 102 valence electrons. The van der Waals surface area contributed by atoms with Crippen LogP contribution in [0.4, 0.5) is 0 Å². The van der Waals surface area contributed by atoms with E-state index in [1.165, 1.54) is 6.08 Å². The summed E-state index contributed by atoms with van der Waals surface area (Å²) in [5, 5.41) is 8.58. The van der Waals surface area contributed by atoms with Crippen molar-refractivity contribution in [1.82, 2.24) is 4.98 Å². The van der Waals surface area contributed by atoms with E-state index in [0.717, 1.165) is 20.6 Å². The second-order valence-electron chi connectivity index (χ2n) is 3.80. The number of hydrogen-bond donors (Lipinski definition) is 1. The molecule has 1 aromatic heterocycles. The Hall–Kier alpha value is -1.66. The molecule has 4 nitrogen and oxygen atoms in total. The zero-order chi connectivity index (χ0) is 14.5. The standard InChI is InChI=1S/C14H9Br2NO3/c15-10-6-11(8-17-7-10)20-13-3-1-9(5-12(13)16)2-4-14(18)19/h1-8H,(H,18,19)/b4-2+. The van der Waals surface area contributed by atoms with Gasteiger partial charge in [-0.3, -0.25) is 4.98 Å². The van der Waals surface area contributed by atoms with Gasteiger partial charge >= 0.3 is 5.97 Å². The van der Waals surface area contributed by atoms with Gasteiger partial charge in [0.05, 0.1) is 10.7 Å². The van der Waals surface area contributed by atoms with Crippen LogP contribution in [-0.4, -0.2) is 16.1 Å². The van der Waals surface area contributed by atoms with E-state index in [9.17, 15) is 4.79 Å². The highest BCUT2D eigenvalue weighted by Crippen LogP contribution is 2.31. The molecule has 0 saturated carbocycles. The van der Waals surface area contributed by atoms with Crippen LogP contribution in [0, 0.1) is 0 Å². The Labute approximate surface area is 132 Å². The van der Waals surface area contributed by atoms with Crippen molar-refractivity contribution >= 4 is 43.9 Å². The maximum Gasteiger partial charge on any atom is 0.328 e. The molecule has 0 atom stereocenters. The summed E-state index contributed by atoms with van der Waals surface area (Å²) in [5.41, 5.74) is 0.763. The summed E-state index contributed by atoms with van der Waals surface area (Å²) in [5.74, 6) is 0.243. The number of carboxylic acids is 1. The van der Waals surface area contributed by atoms with Crippen molar-refractivity contribution in [3.63, 3.8) is 0 Å². The van der Waals surface area contributed by atoms with E-state index >= 15 is 0 Å². The molecular formula is C14H9Br2NO3. The quantitative estimate of drug-likeness (QED) is 0.770. The van der Waals surface area contributed by atoms with Gasteiger partial charge in [-0.1, -0.05) is 6.07 Å². The summed E-state index contributed by atoms with van der Waals surface area (Å²) in [6.45, 7) is 0. The highest BCUT2D eigenvalue weighted by atomic mass is 79.9. The minimum atomic E-state index is -0.985. The molecule has 0 amide bonds. The van der Waals surface area contributed by atoms with E-state index < -0.39 is 5.97 Å². The molecule has 1 heterocycles. The number of aromatic nitrogens is 1. The monoisotopic (exact) mass is 397 g/mol. The number of ether oxygens (including phenoxy) is 1. The van der Waals surface area contributed by atoms with Crippen LogP contribution in [-0.2, 0) is 4.79 Å². The minimum Gasteiger partial charge on any atom is -0.478 e. The van der Waals surface area contributed by atoms with E-state index in [2.05, 4.69) is 36.8 Å².